The SMILES string of the molecule is C[C@H](N)c1ccnc(OCCC(C)(C)C)c1. The molecule has 90 valence electrons. The van der Waals surface area contributed by atoms with Crippen LogP contribution in [0.25, 0.3) is 0 Å². The molecule has 0 aliphatic carbocycles. The zero-order valence-corrected chi connectivity index (χ0v) is 10.7. The Morgan fingerprint density at radius 1 is 1.44 bits per heavy atom. The summed E-state index contributed by atoms with van der Waals surface area (Å²) in [7, 11) is 0. The van der Waals surface area contributed by atoms with Crippen molar-refractivity contribution in [1.29, 1.82) is 0 Å². The molecular weight excluding hydrogens is 200 g/mol. The van der Waals surface area contributed by atoms with E-state index in [9.17, 15) is 0 Å². The first-order chi connectivity index (χ1) is 7.38. The Morgan fingerprint density at radius 3 is 2.69 bits per heavy atom. The smallest absolute Gasteiger partial charge is 0.213 e. The third-order valence-corrected chi connectivity index (χ3v) is 2.39. The lowest BCUT2D eigenvalue weighted by Crippen LogP contribution is -2.12. The second-order valence-electron chi connectivity index (χ2n) is 5.38. The van der Waals surface area contributed by atoms with Crippen molar-refractivity contribution in [1.82, 2.24) is 4.98 Å². The van der Waals surface area contributed by atoms with Crippen molar-refractivity contribution in [3.8, 4) is 5.88 Å². The van der Waals surface area contributed by atoms with Crippen molar-refractivity contribution in [3.05, 3.63) is 23.9 Å². The predicted octanol–water partition coefficient (Wildman–Crippen LogP) is 2.92. The molecule has 0 unspecified atom stereocenters. The van der Waals surface area contributed by atoms with Crippen molar-refractivity contribution >= 4 is 0 Å². The first kappa shape index (κ1) is 13.0. The summed E-state index contributed by atoms with van der Waals surface area (Å²) in [6, 6.07) is 3.85. The normalized spacial score (nSPS) is 13.6. The van der Waals surface area contributed by atoms with E-state index in [1.54, 1.807) is 6.20 Å². The van der Waals surface area contributed by atoms with Gasteiger partial charge in [0.05, 0.1) is 6.61 Å². The fourth-order valence-corrected chi connectivity index (χ4v) is 1.25. The Kier molecular flexibility index (Phi) is 4.30. The maximum atomic E-state index is 5.80. The van der Waals surface area contributed by atoms with Gasteiger partial charge < -0.3 is 10.5 Å². The lowest BCUT2D eigenvalue weighted by atomic mass is 9.93. The maximum absolute atomic E-state index is 5.80. The molecule has 1 aromatic heterocycles. The van der Waals surface area contributed by atoms with Gasteiger partial charge in [-0.2, -0.15) is 0 Å². The van der Waals surface area contributed by atoms with Crippen LogP contribution in [0.5, 0.6) is 5.88 Å². The number of nitrogens with zero attached hydrogens (tertiary/aromatic N) is 1. The molecule has 0 aliphatic heterocycles. The molecular formula is C13H22N2O. The molecule has 0 radical (unpaired) electrons. The number of hydrogen-bond donors (Lipinski definition) is 1. The highest BCUT2D eigenvalue weighted by molar-refractivity contribution is 5.22. The zero-order valence-electron chi connectivity index (χ0n) is 10.7. The Balaban J connectivity index is 2.51. The Labute approximate surface area is 98.0 Å². The van der Waals surface area contributed by atoms with Gasteiger partial charge in [0.15, 0.2) is 0 Å². The molecule has 3 heteroatoms. The quantitative estimate of drug-likeness (QED) is 0.852. The van der Waals surface area contributed by atoms with Gasteiger partial charge in [-0.05, 0) is 30.4 Å². The fraction of sp³-hybridized carbons (Fsp3) is 0.615. The van der Waals surface area contributed by atoms with Gasteiger partial charge in [0, 0.05) is 18.3 Å². The van der Waals surface area contributed by atoms with E-state index >= 15 is 0 Å². The molecule has 3 nitrogen and oxygen atoms in total. The molecule has 0 aromatic carbocycles. The Bertz CT molecular complexity index is 329. The zero-order chi connectivity index (χ0) is 12.2. The van der Waals surface area contributed by atoms with Gasteiger partial charge in [-0.1, -0.05) is 20.8 Å². The first-order valence-electron chi connectivity index (χ1n) is 5.73. The Morgan fingerprint density at radius 2 is 2.12 bits per heavy atom. The van der Waals surface area contributed by atoms with Crippen LogP contribution in [-0.2, 0) is 0 Å². The van der Waals surface area contributed by atoms with E-state index in [1.165, 1.54) is 0 Å². The molecule has 0 fully saturated rings. The molecule has 1 rings (SSSR count). The van der Waals surface area contributed by atoms with Crippen molar-refractivity contribution in [2.24, 2.45) is 11.1 Å². The number of ether oxygens (including phenoxy) is 1. The number of pyridine rings is 1. The molecule has 0 bridgehead atoms. The number of aromatic nitrogens is 1. The molecule has 0 spiro atoms. The minimum Gasteiger partial charge on any atom is -0.478 e. The van der Waals surface area contributed by atoms with Gasteiger partial charge in [0.25, 0.3) is 0 Å². The minimum atomic E-state index is 0.0213. The summed E-state index contributed by atoms with van der Waals surface area (Å²) in [5, 5.41) is 0. The van der Waals surface area contributed by atoms with E-state index in [4.69, 9.17) is 10.5 Å². The lowest BCUT2D eigenvalue weighted by Gasteiger charge is -2.18. The van der Waals surface area contributed by atoms with Crippen LogP contribution in [0.4, 0.5) is 0 Å². The number of rotatable bonds is 4. The predicted molar refractivity (Wildman–Crippen MR) is 66.4 cm³/mol. The molecule has 1 atom stereocenters. The highest BCUT2D eigenvalue weighted by atomic mass is 16.5. The second kappa shape index (κ2) is 5.30. The van der Waals surface area contributed by atoms with Gasteiger partial charge in [-0.25, -0.2) is 4.98 Å². The van der Waals surface area contributed by atoms with Crippen LogP contribution >= 0.6 is 0 Å². The van der Waals surface area contributed by atoms with Gasteiger partial charge in [-0.3, -0.25) is 0 Å². The highest BCUT2D eigenvalue weighted by Gasteiger charge is 2.10. The molecule has 0 saturated carbocycles. The van der Waals surface area contributed by atoms with E-state index < -0.39 is 0 Å². The Hall–Kier alpha value is -1.09. The van der Waals surface area contributed by atoms with E-state index in [1.807, 2.05) is 19.1 Å². The first-order valence-corrected chi connectivity index (χ1v) is 5.73. The summed E-state index contributed by atoms with van der Waals surface area (Å²) in [4.78, 5) is 4.16. The molecule has 1 heterocycles. The largest absolute Gasteiger partial charge is 0.478 e. The van der Waals surface area contributed by atoms with Crippen LogP contribution in [0.1, 0.15) is 45.7 Å². The van der Waals surface area contributed by atoms with Crippen LogP contribution < -0.4 is 10.5 Å². The van der Waals surface area contributed by atoms with E-state index in [2.05, 4.69) is 25.8 Å². The van der Waals surface area contributed by atoms with Crippen molar-refractivity contribution in [2.45, 2.75) is 40.2 Å². The summed E-state index contributed by atoms with van der Waals surface area (Å²) >= 11 is 0. The third-order valence-electron chi connectivity index (χ3n) is 2.39. The van der Waals surface area contributed by atoms with Gasteiger partial charge in [-0.15, -0.1) is 0 Å². The summed E-state index contributed by atoms with van der Waals surface area (Å²) in [6.45, 7) is 9.24. The number of hydrogen-bond acceptors (Lipinski definition) is 3. The molecule has 1 aromatic rings. The summed E-state index contributed by atoms with van der Waals surface area (Å²) in [5.74, 6) is 0.666. The monoisotopic (exact) mass is 222 g/mol. The standard InChI is InChI=1S/C13H22N2O/c1-10(14)11-5-7-15-12(9-11)16-8-6-13(2,3)4/h5,7,9-10H,6,8,14H2,1-4H3/t10-/m0/s1. The van der Waals surface area contributed by atoms with Crippen molar-refractivity contribution in [3.63, 3.8) is 0 Å². The average Bonchev–Trinajstić information content (AvgIpc) is 2.16. The summed E-state index contributed by atoms with van der Waals surface area (Å²) in [6.07, 6.45) is 2.75. The topological polar surface area (TPSA) is 48.1 Å². The molecule has 0 aliphatic rings. The van der Waals surface area contributed by atoms with E-state index in [0.717, 1.165) is 12.0 Å². The third kappa shape index (κ3) is 4.62. The van der Waals surface area contributed by atoms with Gasteiger partial charge in [0.1, 0.15) is 0 Å². The van der Waals surface area contributed by atoms with Gasteiger partial charge in [0.2, 0.25) is 5.88 Å². The fourth-order valence-electron chi connectivity index (χ4n) is 1.25. The summed E-state index contributed by atoms with van der Waals surface area (Å²) in [5.41, 5.74) is 7.14. The second-order valence-corrected chi connectivity index (χ2v) is 5.38. The lowest BCUT2D eigenvalue weighted by molar-refractivity contribution is 0.236. The molecule has 0 amide bonds. The maximum Gasteiger partial charge on any atom is 0.213 e. The van der Waals surface area contributed by atoms with E-state index in [0.29, 0.717) is 17.9 Å². The van der Waals surface area contributed by atoms with E-state index in [-0.39, 0.29) is 6.04 Å². The van der Waals surface area contributed by atoms with Crippen LogP contribution in [0.2, 0.25) is 0 Å². The van der Waals surface area contributed by atoms with Crippen LogP contribution in [-0.4, -0.2) is 11.6 Å². The summed E-state index contributed by atoms with van der Waals surface area (Å²) < 4.78 is 5.61. The highest BCUT2D eigenvalue weighted by Crippen LogP contribution is 2.20. The molecule has 16 heavy (non-hydrogen) atoms. The molecule has 0 saturated heterocycles. The number of nitrogens with two attached hydrogens (primary N) is 1. The van der Waals surface area contributed by atoms with Crippen molar-refractivity contribution < 1.29 is 4.74 Å². The minimum absolute atomic E-state index is 0.0213. The van der Waals surface area contributed by atoms with Crippen LogP contribution in [0, 0.1) is 5.41 Å². The van der Waals surface area contributed by atoms with Crippen molar-refractivity contribution in [2.75, 3.05) is 6.61 Å². The average molecular weight is 222 g/mol. The van der Waals surface area contributed by atoms with Gasteiger partial charge >= 0.3 is 0 Å². The van der Waals surface area contributed by atoms with Crippen LogP contribution in [0.3, 0.4) is 0 Å². The molecule has 2 N–H and O–H groups in total. The van der Waals surface area contributed by atoms with Crippen LogP contribution in [0.15, 0.2) is 18.3 Å².